The number of carbonyl (C=O) groups excluding carboxylic acids is 1. The molecule has 2 N–H and O–H groups in total. The van der Waals surface area contributed by atoms with Crippen molar-refractivity contribution in [2.24, 2.45) is 0 Å². The molecule has 1 amide bonds. The summed E-state index contributed by atoms with van der Waals surface area (Å²) in [6.07, 6.45) is 4.91. The predicted octanol–water partition coefficient (Wildman–Crippen LogP) is 3.99. The van der Waals surface area contributed by atoms with Crippen LogP contribution in [0.15, 0.2) is 67.1 Å². The molecule has 0 aliphatic carbocycles. The van der Waals surface area contributed by atoms with Crippen LogP contribution in [0.25, 0.3) is 0 Å². The van der Waals surface area contributed by atoms with E-state index in [1.165, 1.54) is 6.20 Å². The number of hydrogen-bond donors (Lipinski definition) is 2. The average Bonchev–Trinajstić information content (AvgIpc) is 2.63. The number of hydrogen-bond acceptors (Lipinski definition) is 4. The van der Waals surface area contributed by atoms with Crippen LogP contribution in [0.5, 0.6) is 0 Å². The number of nitrogens with zero attached hydrogens (tertiary/aromatic N) is 2. The molecule has 3 aromatic rings. The molecule has 2 aromatic heterocycles. The zero-order valence-electron chi connectivity index (χ0n) is 12.7. The van der Waals surface area contributed by atoms with Gasteiger partial charge in [-0.15, -0.1) is 0 Å². The summed E-state index contributed by atoms with van der Waals surface area (Å²) in [6, 6.07) is 14.5. The molecule has 0 saturated heterocycles. The number of anilines is 2. The van der Waals surface area contributed by atoms with E-state index >= 15 is 0 Å². The van der Waals surface area contributed by atoms with Crippen molar-refractivity contribution in [1.29, 1.82) is 0 Å². The first-order valence-electron chi connectivity index (χ1n) is 7.37. The van der Waals surface area contributed by atoms with Gasteiger partial charge in [0.2, 0.25) is 0 Å². The summed E-state index contributed by atoms with van der Waals surface area (Å²) < 4.78 is 0. The Hall–Kier alpha value is -2.92. The zero-order valence-corrected chi connectivity index (χ0v) is 13.5. The maximum atomic E-state index is 12.3. The topological polar surface area (TPSA) is 66.9 Å². The molecular formula is C18H15ClN4O. The van der Waals surface area contributed by atoms with Crippen molar-refractivity contribution in [2.75, 3.05) is 10.6 Å². The normalized spacial score (nSPS) is 10.2. The number of benzene rings is 1. The van der Waals surface area contributed by atoms with Gasteiger partial charge in [0.1, 0.15) is 0 Å². The lowest BCUT2D eigenvalue weighted by Gasteiger charge is -2.09. The highest BCUT2D eigenvalue weighted by Crippen LogP contribution is 2.21. The summed E-state index contributed by atoms with van der Waals surface area (Å²) in [5, 5.41) is 6.47. The first-order valence-corrected chi connectivity index (χ1v) is 7.75. The quantitative estimate of drug-likeness (QED) is 0.738. The standard InChI is InChI=1S/C18H15ClN4O/c19-16-6-1-2-7-17(16)23-18(24)13-9-15(11-20-10-13)22-12-14-5-3-4-8-21-14/h1-11,22H,12H2,(H,23,24). The maximum absolute atomic E-state index is 12.3. The molecule has 3 rings (SSSR count). The van der Waals surface area contributed by atoms with Crippen LogP contribution in [0, 0.1) is 0 Å². The van der Waals surface area contributed by atoms with E-state index in [0.717, 1.165) is 11.4 Å². The fourth-order valence-electron chi connectivity index (χ4n) is 2.11. The third kappa shape index (κ3) is 4.08. The molecule has 120 valence electrons. The van der Waals surface area contributed by atoms with Gasteiger partial charge in [0, 0.05) is 18.6 Å². The van der Waals surface area contributed by atoms with Crippen LogP contribution in [0.4, 0.5) is 11.4 Å². The highest BCUT2D eigenvalue weighted by Gasteiger charge is 2.09. The molecule has 5 nitrogen and oxygen atoms in total. The van der Waals surface area contributed by atoms with Crippen molar-refractivity contribution in [3.05, 3.63) is 83.4 Å². The molecule has 24 heavy (non-hydrogen) atoms. The second-order valence-corrected chi connectivity index (χ2v) is 5.48. The molecule has 0 bridgehead atoms. The molecule has 0 atom stereocenters. The Morgan fingerprint density at radius 1 is 1.08 bits per heavy atom. The SMILES string of the molecule is O=C(Nc1ccccc1Cl)c1cncc(NCc2ccccn2)c1. The molecule has 2 heterocycles. The van der Waals surface area contributed by atoms with Crippen molar-refractivity contribution in [1.82, 2.24) is 9.97 Å². The van der Waals surface area contributed by atoms with Crippen molar-refractivity contribution in [2.45, 2.75) is 6.54 Å². The van der Waals surface area contributed by atoms with E-state index in [0.29, 0.717) is 22.8 Å². The summed E-state index contributed by atoms with van der Waals surface area (Å²) in [7, 11) is 0. The molecule has 1 aromatic carbocycles. The maximum Gasteiger partial charge on any atom is 0.257 e. The lowest BCUT2D eigenvalue weighted by Crippen LogP contribution is -2.13. The Kier molecular flexibility index (Phi) is 5.03. The highest BCUT2D eigenvalue weighted by atomic mass is 35.5. The molecule has 0 saturated carbocycles. The van der Waals surface area contributed by atoms with Gasteiger partial charge in [0.15, 0.2) is 0 Å². The van der Waals surface area contributed by atoms with Crippen LogP contribution >= 0.6 is 11.6 Å². The first-order chi connectivity index (χ1) is 11.7. The number of carbonyl (C=O) groups is 1. The Bertz CT molecular complexity index is 839. The summed E-state index contributed by atoms with van der Waals surface area (Å²) in [4.78, 5) is 20.7. The van der Waals surface area contributed by atoms with Crippen molar-refractivity contribution in [3.63, 3.8) is 0 Å². The lowest BCUT2D eigenvalue weighted by molar-refractivity contribution is 0.102. The predicted molar refractivity (Wildman–Crippen MR) is 95.2 cm³/mol. The van der Waals surface area contributed by atoms with Gasteiger partial charge in [0.25, 0.3) is 5.91 Å². The third-order valence-electron chi connectivity index (χ3n) is 3.32. The number of nitrogens with one attached hydrogen (secondary N) is 2. The number of pyridine rings is 2. The van der Waals surface area contributed by atoms with E-state index in [1.807, 2.05) is 30.3 Å². The monoisotopic (exact) mass is 338 g/mol. The second-order valence-electron chi connectivity index (χ2n) is 5.07. The fraction of sp³-hybridized carbons (Fsp3) is 0.0556. The van der Waals surface area contributed by atoms with Gasteiger partial charge in [-0.1, -0.05) is 29.8 Å². The van der Waals surface area contributed by atoms with Crippen molar-refractivity contribution < 1.29 is 4.79 Å². The smallest absolute Gasteiger partial charge is 0.257 e. The number of halogens is 1. The van der Waals surface area contributed by atoms with Crippen molar-refractivity contribution in [3.8, 4) is 0 Å². The summed E-state index contributed by atoms with van der Waals surface area (Å²) >= 11 is 6.05. The van der Waals surface area contributed by atoms with Gasteiger partial charge in [-0.2, -0.15) is 0 Å². The minimum Gasteiger partial charge on any atom is -0.378 e. The van der Waals surface area contributed by atoms with Crippen molar-refractivity contribution >= 4 is 28.9 Å². The van der Waals surface area contributed by atoms with Crippen LogP contribution in [0.1, 0.15) is 16.1 Å². The molecule has 0 fully saturated rings. The van der Waals surface area contributed by atoms with Crippen LogP contribution in [0.3, 0.4) is 0 Å². The Labute approximate surface area is 144 Å². The number of aromatic nitrogens is 2. The molecule has 6 heteroatoms. The van der Waals surface area contributed by atoms with E-state index in [9.17, 15) is 4.79 Å². The average molecular weight is 339 g/mol. The fourth-order valence-corrected chi connectivity index (χ4v) is 2.30. The van der Waals surface area contributed by atoms with E-state index in [2.05, 4.69) is 20.6 Å². The summed E-state index contributed by atoms with van der Waals surface area (Å²) in [5.41, 5.74) is 2.66. The van der Waals surface area contributed by atoms with E-state index in [1.54, 1.807) is 30.6 Å². The molecule has 0 aliphatic heterocycles. The van der Waals surface area contributed by atoms with Gasteiger partial charge in [0.05, 0.1) is 34.2 Å². The molecule has 0 aliphatic rings. The van der Waals surface area contributed by atoms with Crippen LogP contribution < -0.4 is 10.6 Å². The van der Waals surface area contributed by atoms with E-state index in [4.69, 9.17) is 11.6 Å². The Balaban J connectivity index is 1.68. The van der Waals surface area contributed by atoms with Gasteiger partial charge in [-0.05, 0) is 30.3 Å². The minimum absolute atomic E-state index is 0.267. The first kappa shape index (κ1) is 16.0. The van der Waals surface area contributed by atoms with Gasteiger partial charge >= 0.3 is 0 Å². The summed E-state index contributed by atoms with van der Waals surface area (Å²) in [6.45, 7) is 0.554. The number of para-hydroxylation sites is 1. The second kappa shape index (κ2) is 7.57. The largest absolute Gasteiger partial charge is 0.378 e. The summed E-state index contributed by atoms with van der Waals surface area (Å²) in [5.74, 6) is -0.267. The highest BCUT2D eigenvalue weighted by molar-refractivity contribution is 6.33. The van der Waals surface area contributed by atoms with Gasteiger partial charge < -0.3 is 10.6 Å². The zero-order chi connectivity index (χ0) is 16.8. The Morgan fingerprint density at radius 3 is 2.71 bits per heavy atom. The lowest BCUT2D eigenvalue weighted by atomic mass is 10.2. The van der Waals surface area contributed by atoms with Crippen LogP contribution in [-0.2, 0) is 6.54 Å². The van der Waals surface area contributed by atoms with E-state index in [-0.39, 0.29) is 5.91 Å². The van der Waals surface area contributed by atoms with Gasteiger partial charge in [-0.25, -0.2) is 0 Å². The van der Waals surface area contributed by atoms with E-state index < -0.39 is 0 Å². The van der Waals surface area contributed by atoms with Crippen LogP contribution in [-0.4, -0.2) is 15.9 Å². The third-order valence-corrected chi connectivity index (χ3v) is 3.65. The number of rotatable bonds is 5. The molecular weight excluding hydrogens is 324 g/mol. The molecule has 0 radical (unpaired) electrons. The molecule has 0 spiro atoms. The Morgan fingerprint density at radius 2 is 1.92 bits per heavy atom. The van der Waals surface area contributed by atoms with Crippen LogP contribution in [0.2, 0.25) is 5.02 Å². The number of amides is 1. The minimum atomic E-state index is -0.267. The molecule has 0 unspecified atom stereocenters. The van der Waals surface area contributed by atoms with Gasteiger partial charge in [-0.3, -0.25) is 14.8 Å².